The van der Waals surface area contributed by atoms with Crippen LogP contribution in [0.15, 0.2) is 12.2 Å². The van der Waals surface area contributed by atoms with E-state index in [1.807, 2.05) is 6.92 Å². The van der Waals surface area contributed by atoms with Crippen molar-refractivity contribution in [3.63, 3.8) is 0 Å². The van der Waals surface area contributed by atoms with Crippen LogP contribution in [0.3, 0.4) is 0 Å². The molecule has 0 aromatic rings. The average molecular weight is 246 g/mol. The van der Waals surface area contributed by atoms with Crippen molar-refractivity contribution >= 4 is 5.97 Å². The minimum Gasteiger partial charge on any atom is -0.481 e. The molecule has 4 bridgehead atoms. The van der Waals surface area contributed by atoms with E-state index in [9.17, 15) is 9.90 Å². The molecule has 0 aromatic carbocycles. The molecule has 0 radical (unpaired) electrons. The number of allylic oxidation sites excluding steroid dienone is 2. The van der Waals surface area contributed by atoms with Gasteiger partial charge >= 0.3 is 5.97 Å². The van der Waals surface area contributed by atoms with Gasteiger partial charge in [0.05, 0.1) is 5.41 Å². The number of aliphatic carboxylic acids is 1. The van der Waals surface area contributed by atoms with Gasteiger partial charge in [-0.2, -0.15) is 0 Å². The van der Waals surface area contributed by atoms with Gasteiger partial charge in [-0.3, -0.25) is 4.79 Å². The average Bonchev–Trinajstić information content (AvgIpc) is 3.07. The maximum atomic E-state index is 11.9. The van der Waals surface area contributed by atoms with E-state index in [1.165, 1.54) is 25.7 Å². The Balaban J connectivity index is 1.71. The molecular weight excluding hydrogens is 224 g/mol. The van der Waals surface area contributed by atoms with Crippen molar-refractivity contribution in [1.29, 1.82) is 0 Å². The minimum atomic E-state index is -0.549. The van der Waals surface area contributed by atoms with Crippen LogP contribution in [0.4, 0.5) is 0 Å². The van der Waals surface area contributed by atoms with Crippen LogP contribution in [0.1, 0.15) is 39.0 Å². The molecular formula is C16H22O2. The zero-order valence-corrected chi connectivity index (χ0v) is 11.0. The molecule has 3 saturated carbocycles. The predicted octanol–water partition coefficient (Wildman–Crippen LogP) is 3.34. The van der Waals surface area contributed by atoms with Crippen LogP contribution in [-0.4, -0.2) is 11.1 Å². The zero-order chi connectivity index (χ0) is 12.5. The molecule has 4 aliphatic rings. The lowest BCUT2D eigenvalue weighted by Crippen LogP contribution is -2.44. The Morgan fingerprint density at radius 1 is 1.22 bits per heavy atom. The second-order valence-corrected chi connectivity index (χ2v) is 7.34. The van der Waals surface area contributed by atoms with E-state index < -0.39 is 11.4 Å². The first-order valence-corrected chi connectivity index (χ1v) is 7.52. The first-order chi connectivity index (χ1) is 8.60. The molecule has 4 aliphatic carbocycles. The maximum Gasteiger partial charge on any atom is 0.310 e. The molecule has 0 spiro atoms. The molecule has 3 fully saturated rings. The SMILES string of the molecule is CC1(C(=O)O)C2C=CC(C2)C1C1CC2CCC1C2. The second-order valence-electron chi connectivity index (χ2n) is 7.34. The number of hydrogen-bond donors (Lipinski definition) is 1. The van der Waals surface area contributed by atoms with E-state index >= 15 is 0 Å². The van der Waals surface area contributed by atoms with E-state index in [0.29, 0.717) is 23.7 Å². The zero-order valence-electron chi connectivity index (χ0n) is 11.0. The summed E-state index contributed by atoms with van der Waals surface area (Å²) in [5.74, 6) is 3.18. The summed E-state index contributed by atoms with van der Waals surface area (Å²) in [5.41, 5.74) is -0.478. The fourth-order valence-corrected chi connectivity index (χ4v) is 5.93. The monoisotopic (exact) mass is 246 g/mol. The Bertz CT molecular complexity index is 427. The largest absolute Gasteiger partial charge is 0.481 e. The van der Waals surface area contributed by atoms with E-state index in [0.717, 1.165) is 18.3 Å². The van der Waals surface area contributed by atoms with Crippen molar-refractivity contribution in [3.8, 4) is 0 Å². The summed E-state index contributed by atoms with van der Waals surface area (Å²) in [4.78, 5) is 11.9. The van der Waals surface area contributed by atoms with Gasteiger partial charge < -0.3 is 5.11 Å². The van der Waals surface area contributed by atoms with Crippen LogP contribution in [0, 0.1) is 40.9 Å². The van der Waals surface area contributed by atoms with Crippen molar-refractivity contribution in [2.24, 2.45) is 40.9 Å². The van der Waals surface area contributed by atoms with Gasteiger partial charge in [-0.15, -0.1) is 0 Å². The Morgan fingerprint density at radius 2 is 2.06 bits per heavy atom. The summed E-state index contributed by atoms with van der Waals surface area (Å²) in [6.07, 6.45) is 11.1. The Hall–Kier alpha value is -0.790. The molecule has 7 unspecified atom stereocenters. The third-order valence-electron chi connectivity index (χ3n) is 6.76. The number of carbonyl (C=O) groups is 1. The summed E-state index contributed by atoms with van der Waals surface area (Å²) < 4.78 is 0. The van der Waals surface area contributed by atoms with Crippen molar-refractivity contribution < 1.29 is 9.90 Å². The van der Waals surface area contributed by atoms with Gasteiger partial charge in [-0.25, -0.2) is 0 Å². The molecule has 0 saturated heterocycles. The standard InChI is InChI=1S/C16H22O2/c1-16(15(17)18)12-5-4-11(8-12)14(16)13-7-9-2-3-10(13)6-9/h4-5,9-14H,2-3,6-8H2,1H3,(H,17,18). The van der Waals surface area contributed by atoms with Crippen molar-refractivity contribution in [3.05, 3.63) is 12.2 Å². The molecule has 0 amide bonds. The van der Waals surface area contributed by atoms with E-state index in [-0.39, 0.29) is 0 Å². The maximum absolute atomic E-state index is 11.9. The lowest BCUT2D eigenvalue weighted by atomic mass is 9.61. The van der Waals surface area contributed by atoms with Crippen LogP contribution < -0.4 is 0 Å². The highest BCUT2D eigenvalue weighted by Gasteiger charge is 2.62. The summed E-state index contributed by atoms with van der Waals surface area (Å²) >= 11 is 0. The molecule has 18 heavy (non-hydrogen) atoms. The van der Waals surface area contributed by atoms with Crippen LogP contribution in [-0.2, 0) is 4.79 Å². The quantitative estimate of drug-likeness (QED) is 0.759. The van der Waals surface area contributed by atoms with Gasteiger partial charge in [0.15, 0.2) is 0 Å². The topological polar surface area (TPSA) is 37.3 Å². The molecule has 0 aliphatic heterocycles. The van der Waals surface area contributed by atoms with E-state index in [1.54, 1.807) is 0 Å². The summed E-state index contributed by atoms with van der Waals surface area (Å²) in [6.45, 7) is 2.03. The van der Waals surface area contributed by atoms with Crippen molar-refractivity contribution in [2.75, 3.05) is 0 Å². The first-order valence-electron chi connectivity index (χ1n) is 7.52. The van der Waals surface area contributed by atoms with Crippen LogP contribution in [0.5, 0.6) is 0 Å². The highest BCUT2D eigenvalue weighted by atomic mass is 16.4. The molecule has 0 heterocycles. The number of rotatable bonds is 2. The number of carboxylic acid groups (broad SMARTS) is 1. The van der Waals surface area contributed by atoms with Gasteiger partial charge in [0.25, 0.3) is 0 Å². The van der Waals surface area contributed by atoms with Gasteiger partial charge in [0.2, 0.25) is 0 Å². The molecule has 98 valence electrons. The van der Waals surface area contributed by atoms with E-state index in [2.05, 4.69) is 12.2 Å². The van der Waals surface area contributed by atoms with Crippen LogP contribution >= 0.6 is 0 Å². The Kier molecular flexibility index (Phi) is 2.09. The van der Waals surface area contributed by atoms with Gasteiger partial charge in [0.1, 0.15) is 0 Å². The lowest BCUT2D eigenvalue weighted by molar-refractivity contribution is -0.154. The Morgan fingerprint density at radius 3 is 2.67 bits per heavy atom. The minimum absolute atomic E-state index is 0.295. The van der Waals surface area contributed by atoms with Gasteiger partial charge in [0, 0.05) is 0 Å². The first kappa shape index (κ1) is 11.1. The van der Waals surface area contributed by atoms with Crippen LogP contribution in [0.25, 0.3) is 0 Å². The fraction of sp³-hybridized carbons (Fsp3) is 0.812. The highest BCUT2D eigenvalue weighted by molar-refractivity contribution is 5.76. The molecule has 1 N–H and O–H groups in total. The summed E-state index contributed by atoms with van der Waals surface area (Å²) in [6, 6.07) is 0. The Labute approximate surface area is 108 Å². The normalized spacial score (nSPS) is 56.5. The van der Waals surface area contributed by atoms with E-state index in [4.69, 9.17) is 0 Å². The molecule has 0 aromatic heterocycles. The predicted molar refractivity (Wildman–Crippen MR) is 68.9 cm³/mol. The van der Waals surface area contributed by atoms with Gasteiger partial charge in [-0.1, -0.05) is 18.6 Å². The van der Waals surface area contributed by atoms with Crippen molar-refractivity contribution in [1.82, 2.24) is 0 Å². The fourth-order valence-electron chi connectivity index (χ4n) is 5.93. The third-order valence-corrected chi connectivity index (χ3v) is 6.76. The van der Waals surface area contributed by atoms with Crippen molar-refractivity contribution in [2.45, 2.75) is 39.0 Å². The summed E-state index contributed by atoms with van der Waals surface area (Å²) in [5, 5.41) is 9.76. The third kappa shape index (κ3) is 1.17. The molecule has 7 atom stereocenters. The molecule has 4 rings (SSSR count). The van der Waals surface area contributed by atoms with Crippen LogP contribution in [0.2, 0.25) is 0 Å². The number of hydrogen-bond acceptors (Lipinski definition) is 1. The lowest BCUT2D eigenvalue weighted by Gasteiger charge is -2.41. The molecule has 2 heteroatoms. The smallest absolute Gasteiger partial charge is 0.310 e. The summed E-state index contributed by atoms with van der Waals surface area (Å²) in [7, 11) is 0. The molecule has 2 nitrogen and oxygen atoms in total. The number of carboxylic acids is 1. The van der Waals surface area contributed by atoms with Gasteiger partial charge in [-0.05, 0) is 68.1 Å². The second kappa shape index (κ2) is 3.40. The highest BCUT2D eigenvalue weighted by Crippen LogP contribution is 2.64. The number of fused-ring (bicyclic) bond motifs is 4.